The van der Waals surface area contributed by atoms with Crippen LogP contribution >= 0.6 is 11.8 Å². The summed E-state index contributed by atoms with van der Waals surface area (Å²) in [5, 5.41) is 21.0. The number of thioether (sulfide) groups is 1. The van der Waals surface area contributed by atoms with Crippen LogP contribution in [0.1, 0.15) is 25.6 Å². The molecule has 0 spiro atoms. The van der Waals surface area contributed by atoms with Gasteiger partial charge in [-0.2, -0.15) is 5.26 Å². The number of aliphatic imine (C=N–C) groups is 1. The average Bonchev–Trinajstić information content (AvgIpc) is 2.85. The maximum Gasteiger partial charge on any atom is 0.183 e. The smallest absolute Gasteiger partial charge is 0.183 e. The van der Waals surface area contributed by atoms with E-state index in [1.807, 2.05) is 35.2 Å². The van der Waals surface area contributed by atoms with Crippen molar-refractivity contribution in [1.82, 2.24) is 14.9 Å². The van der Waals surface area contributed by atoms with E-state index in [4.69, 9.17) is 5.26 Å². The summed E-state index contributed by atoms with van der Waals surface area (Å²) < 4.78 is 2.04. The topological polar surface area (TPSA) is 86.2 Å². The van der Waals surface area contributed by atoms with Crippen LogP contribution in [-0.4, -0.2) is 32.7 Å². The van der Waals surface area contributed by atoms with E-state index in [2.05, 4.69) is 29.1 Å². The molecule has 0 amide bonds. The van der Waals surface area contributed by atoms with Crippen LogP contribution in [0, 0.1) is 11.5 Å². The van der Waals surface area contributed by atoms with Crippen molar-refractivity contribution in [2.24, 2.45) is 4.99 Å². The number of aromatic nitrogens is 2. The fourth-order valence-electron chi connectivity index (χ4n) is 2.27. The molecule has 2 rings (SSSR count). The highest BCUT2D eigenvalue weighted by molar-refractivity contribution is 8.13. The highest BCUT2D eigenvalue weighted by Crippen LogP contribution is 2.26. The monoisotopic (exact) mass is 317 g/mol. The number of amidine groups is 1. The Bertz CT molecular complexity index is 729. The van der Waals surface area contributed by atoms with Crippen molar-refractivity contribution in [1.29, 1.82) is 5.26 Å². The second-order valence-electron chi connectivity index (χ2n) is 5.03. The van der Waals surface area contributed by atoms with Gasteiger partial charge in [-0.3, -0.25) is 5.32 Å². The molecule has 1 aromatic carbocycles. The quantitative estimate of drug-likeness (QED) is 0.392. The molecule has 0 bridgehead atoms. The molecule has 0 saturated carbocycles. The SMILES string of the molecule is CSC(=Nc1ccc2c(c1)nc(C(C)C)n2CCO)NC#N. The molecular weight excluding hydrogens is 298 g/mol. The first-order valence-corrected chi connectivity index (χ1v) is 8.22. The second kappa shape index (κ2) is 7.29. The lowest BCUT2D eigenvalue weighted by atomic mass is 10.2. The number of aliphatic hydroxyl groups excluding tert-OH is 1. The Hall–Kier alpha value is -2.04. The number of hydrogen-bond acceptors (Lipinski definition) is 5. The van der Waals surface area contributed by atoms with Gasteiger partial charge in [-0.05, 0) is 24.5 Å². The molecule has 2 aromatic rings. The summed E-state index contributed by atoms with van der Waals surface area (Å²) in [5.41, 5.74) is 2.56. The third-order valence-electron chi connectivity index (χ3n) is 3.19. The van der Waals surface area contributed by atoms with Gasteiger partial charge in [-0.1, -0.05) is 25.6 Å². The number of imidazole rings is 1. The van der Waals surface area contributed by atoms with Gasteiger partial charge in [-0.25, -0.2) is 9.98 Å². The Balaban J connectivity index is 2.49. The maximum atomic E-state index is 9.26. The highest BCUT2D eigenvalue weighted by atomic mass is 32.2. The van der Waals surface area contributed by atoms with Crippen LogP contribution in [0.2, 0.25) is 0 Å². The first-order valence-electron chi connectivity index (χ1n) is 6.99. The predicted octanol–water partition coefficient (Wildman–Crippen LogP) is 2.57. The highest BCUT2D eigenvalue weighted by Gasteiger charge is 2.13. The summed E-state index contributed by atoms with van der Waals surface area (Å²) in [6, 6.07) is 5.73. The minimum atomic E-state index is 0.0772. The van der Waals surface area contributed by atoms with E-state index in [9.17, 15) is 5.11 Å². The molecule has 116 valence electrons. The molecule has 2 N–H and O–H groups in total. The van der Waals surface area contributed by atoms with Crippen molar-refractivity contribution in [3.8, 4) is 6.19 Å². The summed E-state index contributed by atoms with van der Waals surface area (Å²) in [7, 11) is 0. The molecule has 22 heavy (non-hydrogen) atoms. The molecule has 0 fully saturated rings. The molecule has 0 unspecified atom stereocenters. The minimum absolute atomic E-state index is 0.0772. The van der Waals surface area contributed by atoms with Crippen LogP contribution in [0.5, 0.6) is 0 Å². The fourth-order valence-corrected chi connectivity index (χ4v) is 2.62. The van der Waals surface area contributed by atoms with Gasteiger partial charge in [0.2, 0.25) is 0 Å². The predicted molar refractivity (Wildman–Crippen MR) is 90.3 cm³/mol. The summed E-state index contributed by atoms with van der Waals surface area (Å²) in [4.78, 5) is 9.06. The first-order chi connectivity index (χ1) is 10.6. The van der Waals surface area contributed by atoms with Crippen molar-refractivity contribution in [2.75, 3.05) is 12.9 Å². The van der Waals surface area contributed by atoms with Gasteiger partial charge in [0, 0.05) is 12.5 Å². The van der Waals surface area contributed by atoms with Gasteiger partial charge in [0.1, 0.15) is 5.82 Å². The molecule has 0 aliphatic rings. The van der Waals surface area contributed by atoms with Crippen molar-refractivity contribution in [3.63, 3.8) is 0 Å². The Kier molecular flexibility index (Phi) is 5.41. The summed E-state index contributed by atoms with van der Waals surface area (Å²) in [6.45, 7) is 4.76. The van der Waals surface area contributed by atoms with Crippen molar-refractivity contribution in [2.45, 2.75) is 26.3 Å². The number of nitrogens with zero attached hydrogens (tertiary/aromatic N) is 4. The zero-order valence-electron chi connectivity index (χ0n) is 12.9. The van der Waals surface area contributed by atoms with Crippen LogP contribution in [0.4, 0.5) is 5.69 Å². The molecule has 6 nitrogen and oxygen atoms in total. The minimum Gasteiger partial charge on any atom is -0.395 e. The van der Waals surface area contributed by atoms with Crippen molar-refractivity contribution >= 4 is 33.7 Å². The zero-order chi connectivity index (χ0) is 16.1. The van der Waals surface area contributed by atoms with Crippen LogP contribution in [0.25, 0.3) is 11.0 Å². The number of hydrogen-bond donors (Lipinski definition) is 2. The third kappa shape index (κ3) is 3.40. The molecule has 0 radical (unpaired) electrons. The number of rotatable bonds is 4. The van der Waals surface area contributed by atoms with E-state index in [0.29, 0.717) is 11.7 Å². The molecule has 1 aromatic heterocycles. The van der Waals surface area contributed by atoms with Gasteiger partial charge in [0.15, 0.2) is 11.4 Å². The van der Waals surface area contributed by atoms with Gasteiger partial charge in [-0.15, -0.1) is 0 Å². The molecule has 0 aliphatic heterocycles. The van der Waals surface area contributed by atoms with Gasteiger partial charge in [0.05, 0.1) is 23.3 Å². The number of nitrogens with one attached hydrogen (secondary N) is 1. The Morgan fingerprint density at radius 1 is 1.55 bits per heavy atom. The third-order valence-corrected chi connectivity index (χ3v) is 3.77. The number of aliphatic hydroxyl groups is 1. The standard InChI is InChI=1S/C15H19N5OS/c1-10(2)14-19-12-8-11(18-15(22-3)17-9-16)4-5-13(12)20(14)6-7-21/h4-5,8,10,21H,6-7H2,1-3H3,(H,17,18). The van der Waals surface area contributed by atoms with E-state index >= 15 is 0 Å². The Morgan fingerprint density at radius 3 is 2.91 bits per heavy atom. The molecule has 0 saturated heterocycles. The summed E-state index contributed by atoms with van der Waals surface area (Å²) in [5.74, 6) is 1.22. The first kappa shape index (κ1) is 16.3. The van der Waals surface area contributed by atoms with Crippen LogP contribution in [0.3, 0.4) is 0 Å². The number of fused-ring (bicyclic) bond motifs is 1. The van der Waals surface area contributed by atoms with Gasteiger partial charge < -0.3 is 9.67 Å². The molecule has 7 heteroatoms. The molecule has 1 heterocycles. The van der Waals surface area contributed by atoms with Crippen LogP contribution < -0.4 is 5.32 Å². The largest absolute Gasteiger partial charge is 0.395 e. The zero-order valence-corrected chi connectivity index (χ0v) is 13.7. The second-order valence-corrected chi connectivity index (χ2v) is 5.83. The van der Waals surface area contributed by atoms with Crippen molar-refractivity contribution < 1.29 is 5.11 Å². The van der Waals surface area contributed by atoms with E-state index < -0.39 is 0 Å². The van der Waals surface area contributed by atoms with Crippen LogP contribution in [-0.2, 0) is 6.54 Å². The Labute approximate surface area is 133 Å². The lowest BCUT2D eigenvalue weighted by molar-refractivity contribution is 0.275. The van der Waals surface area contributed by atoms with E-state index in [0.717, 1.165) is 22.5 Å². The van der Waals surface area contributed by atoms with E-state index in [1.165, 1.54) is 11.8 Å². The van der Waals surface area contributed by atoms with Gasteiger partial charge >= 0.3 is 0 Å². The summed E-state index contributed by atoms with van der Waals surface area (Å²) in [6.07, 6.45) is 3.73. The maximum absolute atomic E-state index is 9.26. The van der Waals surface area contributed by atoms with E-state index in [1.54, 1.807) is 0 Å². The van der Waals surface area contributed by atoms with Gasteiger partial charge in [0.25, 0.3) is 0 Å². The number of benzene rings is 1. The molecule has 0 atom stereocenters. The molecule has 0 aliphatic carbocycles. The average molecular weight is 317 g/mol. The van der Waals surface area contributed by atoms with E-state index in [-0.39, 0.29) is 12.5 Å². The van der Waals surface area contributed by atoms with Crippen LogP contribution in [0.15, 0.2) is 23.2 Å². The van der Waals surface area contributed by atoms with Crippen molar-refractivity contribution in [3.05, 3.63) is 24.0 Å². The fraction of sp³-hybridized carbons (Fsp3) is 0.400. The Morgan fingerprint density at radius 2 is 2.32 bits per heavy atom. The number of nitriles is 1. The lowest BCUT2D eigenvalue weighted by Crippen LogP contribution is -2.12. The summed E-state index contributed by atoms with van der Waals surface area (Å²) >= 11 is 1.37. The molecular formula is C15H19N5OS. The lowest BCUT2D eigenvalue weighted by Gasteiger charge is -2.09. The normalized spacial score (nSPS) is 11.9.